The Morgan fingerprint density at radius 3 is 2.83 bits per heavy atom. The summed E-state index contributed by atoms with van der Waals surface area (Å²) in [5.41, 5.74) is 2.58. The van der Waals surface area contributed by atoms with Gasteiger partial charge >= 0.3 is 0 Å². The molecule has 0 heterocycles. The number of aliphatic hydroxyl groups excluding tert-OH is 1. The summed E-state index contributed by atoms with van der Waals surface area (Å²) in [6, 6.07) is 8.51. The first-order valence-electron chi connectivity index (χ1n) is 6.74. The number of hydrogen-bond acceptors (Lipinski definition) is 3. The van der Waals surface area contributed by atoms with E-state index in [2.05, 4.69) is 48.3 Å². The van der Waals surface area contributed by atoms with E-state index in [1.165, 1.54) is 11.1 Å². The zero-order valence-corrected chi connectivity index (χ0v) is 11.8. The highest BCUT2D eigenvalue weighted by Crippen LogP contribution is 2.06. The lowest BCUT2D eigenvalue weighted by atomic mass is 10.1. The lowest BCUT2D eigenvalue weighted by Gasteiger charge is -2.21. The zero-order valence-electron chi connectivity index (χ0n) is 11.8. The average Bonchev–Trinajstić information content (AvgIpc) is 2.29. The van der Waals surface area contributed by atoms with Crippen molar-refractivity contribution in [3.05, 3.63) is 35.4 Å². The molecule has 0 bridgehead atoms. The molecule has 0 saturated heterocycles. The van der Waals surface area contributed by atoms with Gasteiger partial charge in [-0.25, -0.2) is 0 Å². The Morgan fingerprint density at radius 1 is 1.39 bits per heavy atom. The van der Waals surface area contributed by atoms with Crippen LogP contribution < -0.4 is 5.32 Å². The molecule has 1 atom stereocenters. The van der Waals surface area contributed by atoms with Crippen molar-refractivity contribution in [2.75, 3.05) is 26.7 Å². The van der Waals surface area contributed by atoms with Crippen molar-refractivity contribution in [1.82, 2.24) is 10.2 Å². The summed E-state index contributed by atoms with van der Waals surface area (Å²) in [6.45, 7) is 7.46. The van der Waals surface area contributed by atoms with E-state index < -0.39 is 0 Å². The molecule has 3 nitrogen and oxygen atoms in total. The number of hydrogen-bond donors (Lipinski definition) is 2. The topological polar surface area (TPSA) is 35.5 Å². The van der Waals surface area contributed by atoms with Crippen LogP contribution in [0.25, 0.3) is 0 Å². The number of aliphatic hydroxyl groups is 1. The second-order valence-corrected chi connectivity index (χ2v) is 5.04. The van der Waals surface area contributed by atoms with Gasteiger partial charge in [-0.1, -0.05) is 36.8 Å². The molecule has 18 heavy (non-hydrogen) atoms. The van der Waals surface area contributed by atoms with Gasteiger partial charge in [-0.15, -0.1) is 0 Å². The van der Waals surface area contributed by atoms with Crippen LogP contribution in [0.15, 0.2) is 24.3 Å². The number of rotatable bonds is 8. The van der Waals surface area contributed by atoms with Gasteiger partial charge in [0.2, 0.25) is 0 Å². The molecule has 0 saturated carbocycles. The molecule has 1 unspecified atom stereocenters. The molecule has 0 spiro atoms. The summed E-state index contributed by atoms with van der Waals surface area (Å²) in [5, 5.41) is 13.1. The van der Waals surface area contributed by atoms with Gasteiger partial charge in [0.15, 0.2) is 0 Å². The second-order valence-electron chi connectivity index (χ2n) is 5.04. The maximum atomic E-state index is 9.87. The Kier molecular flexibility index (Phi) is 6.94. The van der Waals surface area contributed by atoms with Crippen molar-refractivity contribution in [3.8, 4) is 0 Å². The van der Waals surface area contributed by atoms with E-state index in [1.54, 1.807) is 0 Å². The third kappa shape index (κ3) is 6.15. The molecule has 2 N–H and O–H groups in total. The number of likely N-dealkylation sites (N-methyl/N-ethyl adjacent to an activating group) is 1. The molecular formula is C15H26N2O. The van der Waals surface area contributed by atoms with Crippen LogP contribution in [-0.2, 0) is 6.54 Å². The molecule has 0 radical (unpaired) electrons. The van der Waals surface area contributed by atoms with Crippen LogP contribution >= 0.6 is 0 Å². The standard InChI is InChI=1S/C15H26N2O/c1-4-8-16-10-15(18)12-17(3)11-14-7-5-6-13(2)9-14/h5-7,9,15-16,18H,4,8,10-12H2,1-3H3. The van der Waals surface area contributed by atoms with E-state index in [-0.39, 0.29) is 6.10 Å². The highest BCUT2D eigenvalue weighted by molar-refractivity contribution is 5.21. The Balaban J connectivity index is 2.30. The van der Waals surface area contributed by atoms with Crippen LogP contribution in [0.5, 0.6) is 0 Å². The van der Waals surface area contributed by atoms with E-state index in [1.807, 2.05) is 7.05 Å². The van der Waals surface area contributed by atoms with E-state index in [0.717, 1.165) is 19.5 Å². The zero-order chi connectivity index (χ0) is 13.4. The Labute approximate surface area is 111 Å². The number of nitrogens with one attached hydrogen (secondary N) is 1. The fourth-order valence-electron chi connectivity index (χ4n) is 2.06. The fraction of sp³-hybridized carbons (Fsp3) is 0.600. The molecule has 0 fully saturated rings. The van der Waals surface area contributed by atoms with Crippen molar-refractivity contribution >= 4 is 0 Å². The van der Waals surface area contributed by atoms with E-state index >= 15 is 0 Å². The molecule has 0 aliphatic carbocycles. The quantitative estimate of drug-likeness (QED) is 0.691. The molecule has 0 aliphatic heterocycles. The van der Waals surface area contributed by atoms with Gasteiger partial charge in [-0.3, -0.25) is 4.90 Å². The predicted molar refractivity (Wildman–Crippen MR) is 76.7 cm³/mol. The van der Waals surface area contributed by atoms with Gasteiger partial charge in [0, 0.05) is 19.6 Å². The third-order valence-corrected chi connectivity index (χ3v) is 2.86. The van der Waals surface area contributed by atoms with Gasteiger partial charge in [-0.2, -0.15) is 0 Å². The van der Waals surface area contributed by atoms with E-state index in [4.69, 9.17) is 0 Å². The summed E-state index contributed by atoms with van der Waals surface area (Å²) < 4.78 is 0. The lowest BCUT2D eigenvalue weighted by Crippen LogP contribution is -2.36. The second kappa shape index (κ2) is 8.25. The number of benzene rings is 1. The first-order chi connectivity index (χ1) is 8.61. The van der Waals surface area contributed by atoms with Crippen LogP contribution in [0, 0.1) is 6.92 Å². The summed E-state index contributed by atoms with van der Waals surface area (Å²) in [5.74, 6) is 0. The number of nitrogens with zero attached hydrogens (tertiary/aromatic N) is 1. The van der Waals surface area contributed by atoms with Crippen molar-refractivity contribution in [3.63, 3.8) is 0 Å². The van der Waals surface area contributed by atoms with Crippen LogP contribution in [0.1, 0.15) is 24.5 Å². The van der Waals surface area contributed by atoms with Gasteiger partial charge in [0.05, 0.1) is 6.10 Å². The maximum absolute atomic E-state index is 9.87. The molecule has 1 aromatic carbocycles. The molecule has 3 heteroatoms. The summed E-state index contributed by atoms with van der Waals surface area (Å²) in [6.07, 6.45) is 0.803. The smallest absolute Gasteiger partial charge is 0.0791 e. The fourth-order valence-corrected chi connectivity index (χ4v) is 2.06. The molecule has 0 aliphatic rings. The molecule has 102 valence electrons. The highest BCUT2D eigenvalue weighted by atomic mass is 16.3. The van der Waals surface area contributed by atoms with Gasteiger partial charge in [0.25, 0.3) is 0 Å². The van der Waals surface area contributed by atoms with Gasteiger partial charge < -0.3 is 10.4 Å². The Morgan fingerprint density at radius 2 is 2.17 bits per heavy atom. The van der Waals surface area contributed by atoms with E-state index in [9.17, 15) is 5.11 Å². The largest absolute Gasteiger partial charge is 0.390 e. The molecule has 1 aromatic rings. The normalized spacial score (nSPS) is 12.9. The summed E-state index contributed by atoms with van der Waals surface area (Å²) in [7, 11) is 2.05. The molecular weight excluding hydrogens is 224 g/mol. The summed E-state index contributed by atoms with van der Waals surface area (Å²) in [4.78, 5) is 2.16. The monoisotopic (exact) mass is 250 g/mol. The molecule has 0 aromatic heterocycles. The van der Waals surface area contributed by atoms with Gasteiger partial charge in [-0.05, 0) is 32.5 Å². The Hall–Kier alpha value is -0.900. The lowest BCUT2D eigenvalue weighted by molar-refractivity contribution is 0.121. The first-order valence-corrected chi connectivity index (χ1v) is 6.74. The van der Waals surface area contributed by atoms with Crippen molar-refractivity contribution < 1.29 is 5.11 Å². The first kappa shape index (κ1) is 15.2. The highest BCUT2D eigenvalue weighted by Gasteiger charge is 2.08. The van der Waals surface area contributed by atoms with Crippen LogP contribution in [0.4, 0.5) is 0 Å². The van der Waals surface area contributed by atoms with Crippen molar-refractivity contribution in [2.45, 2.75) is 32.9 Å². The van der Waals surface area contributed by atoms with Crippen molar-refractivity contribution in [1.29, 1.82) is 0 Å². The Bertz CT molecular complexity index is 341. The van der Waals surface area contributed by atoms with Crippen LogP contribution in [-0.4, -0.2) is 42.8 Å². The van der Waals surface area contributed by atoms with Crippen LogP contribution in [0.2, 0.25) is 0 Å². The minimum absolute atomic E-state index is 0.300. The average molecular weight is 250 g/mol. The van der Waals surface area contributed by atoms with Crippen molar-refractivity contribution in [2.24, 2.45) is 0 Å². The van der Waals surface area contributed by atoms with Crippen LogP contribution in [0.3, 0.4) is 0 Å². The number of aryl methyl sites for hydroxylation is 1. The third-order valence-electron chi connectivity index (χ3n) is 2.86. The minimum Gasteiger partial charge on any atom is -0.390 e. The molecule has 1 rings (SSSR count). The summed E-state index contributed by atoms with van der Waals surface area (Å²) >= 11 is 0. The predicted octanol–water partition coefficient (Wildman–Crippen LogP) is 1.79. The maximum Gasteiger partial charge on any atom is 0.0791 e. The van der Waals surface area contributed by atoms with Gasteiger partial charge in [0.1, 0.15) is 0 Å². The SMILES string of the molecule is CCCNCC(O)CN(C)Cc1cccc(C)c1. The minimum atomic E-state index is -0.300. The molecule has 0 amide bonds. The van der Waals surface area contributed by atoms with E-state index in [0.29, 0.717) is 13.1 Å².